The van der Waals surface area contributed by atoms with Crippen LogP contribution in [-0.2, 0) is 9.84 Å². The second-order valence-corrected chi connectivity index (χ2v) is 6.57. The van der Waals surface area contributed by atoms with E-state index in [0.717, 1.165) is 6.26 Å². The Bertz CT molecular complexity index is 666. The highest BCUT2D eigenvalue weighted by Crippen LogP contribution is 2.18. The van der Waals surface area contributed by atoms with Crippen LogP contribution in [-0.4, -0.2) is 30.4 Å². The molecular weight excluding hydrogens is 257 g/mol. The first-order chi connectivity index (χ1) is 8.35. The molecule has 98 valence electrons. The number of hydrogen-bond acceptors (Lipinski definition) is 4. The second kappa shape index (κ2) is 4.66. The fourth-order valence-corrected chi connectivity index (χ4v) is 2.34. The highest BCUT2D eigenvalue weighted by Gasteiger charge is 2.14. The number of sulfone groups is 1. The zero-order valence-electron chi connectivity index (χ0n) is 9.85. The number of nitrogens with one attached hydrogen (secondary N) is 1. The molecule has 2 aromatic rings. The number of nitrogens with zero attached hydrogens (tertiary/aromatic N) is 1. The van der Waals surface area contributed by atoms with Crippen LogP contribution in [0.1, 0.15) is 18.3 Å². The number of benzene rings is 1. The molecular formula is C11H14FN3O2S. The summed E-state index contributed by atoms with van der Waals surface area (Å²) in [4.78, 5) is 7.11. The third-order valence-electron chi connectivity index (χ3n) is 2.61. The van der Waals surface area contributed by atoms with Crippen molar-refractivity contribution < 1.29 is 12.8 Å². The monoisotopic (exact) mass is 271 g/mol. The molecule has 1 aromatic carbocycles. The number of aromatic amines is 1. The van der Waals surface area contributed by atoms with Crippen molar-refractivity contribution in [2.75, 3.05) is 12.0 Å². The van der Waals surface area contributed by atoms with E-state index in [1.54, 1.807) is 6.07 Å². The Balaban J connectivity index is 2.20. The van der Waals surface area contributed by atoms with Crippen molar-refractivity contribution in [3.05, 3.63) is 29.8 Å². The molecule has 5 nitrogen and oxygen atoms in total. The van der Waals surface area contributed by atoms with Crippen molar-refractivity contribution in [1.29, 1.82) is 0 Å². The summed E-state index contributed by atoms with van der Waals surface area (Å²) in [6.45, 7) is 0. The Labute approximate surface area is 104 Å². The molecule has 0 radical (unpaired) electrons. The number of hydrogen-bond donors (Lipinski definition) is 2. The molecule has 0 aliphatic rings. The van der Waals surface area contributed by atoms with Gasteiger partial charge in [-0.1, -0.05) is 0 Å². The number of fused-ring (bicyclic) bond motifs is 1. The first-order valence-electron chi connectivity index (χ1n) is 5.43. The van der Waals surface area contributed by atoms with Gasteiger partial charge in [0.2, 0.25) is 0 Å². The van der Waals surface area contributed by atoms with Crippen molar-refractivity contribution in [2.45, 2.75) is 12.5 Å². The fraction of sp³-hybridized carbons (Fsp3) is 0.364. The second-order valence-electron chi connectivity index (χ2n) is 4.31. The van der Waals surface area contributed by atoms with E-state index < -0.39 is 15.9 Å². The van der Waals surface area contributed by atoms with E-state index in [0.29, 0.717) is 16.9 Å². The first kappa shape index (κ1) is 13.0. The van der Waals surface area contributed by atoms with Crippen LogP contribution in [0.5, 0.6) is 0 Å². The maximum Gasteiger partial charge on any atom is 0.147 e. The molecule has 1 atom stereocenters. The normalized spacial score (nSPS) is 13.9. The molecule has 0 bridgehead atoms. The summed E-state index contributed by atoms with van der Waals surface area (Å²) in [7, 11) is -3.05. The van der Waals surface area contributed by atoms with Crippen LogP contribution >= 0.6 is 0 Å². The van der Waals surface area contributed by atoms with Gasteiger partial charge in [0.1, 0.15) is 21.5 Å². The zero-order chi connectivity index (χ0) is 13.3. The zero-order valence-corrected chi connectivity index (χ0v) is 10.7. The Hall–Kier alpha value is -1.47. The molecule has 0 fully saturated rings. The largest absolute Gasteiger partial charge is 0.341 e. The Morgan fingerprint density at radius 1 is 1.50 bits per heavy atom. The van der Waals surface area contributed by atoms with Gasteiger partial charge < -0.3 is 10.7 Å². The van der Waals surface area contributed by atoms with E-state index in [-0.39, 0.29) is 18.0 Å². The molecule has 1 aromatic heterocycles. The number of halogens is 1. The van der Waals surface area contributed by atoms with E-state index in [4.69, 9.17) is 5.73 Å². The molecule has 0 spiro atoms. The number of rotatable bonds is 4. The molecule has 0 saturated carbocycles. The molecule has 18 heavy (non-hydrogen) atoms. The third kappa shape index (κ3) is 3.05. The van der Waals surface area contributed by atoms with Gasteiger partial charge in [0.15, 0.2) is 0 Å². The smallest absolute Gasteiger partial charge is 0.147 e. The minimum atomic E-state index is -3.05. The van der Waals surface area contributed by atoms with Gasteiger partial charge in [0, 0.05) is 6.26 Å². The summed E-state index contributed by atoms with van der Waals surface area (Å²) in [5, 5.41) is 0. The van der Waals surface area contributed by atoms with Crippen LogP contribution in [0, 0.1) is 5.82 Å². The van der Waals surface area contributed by atoms with Gasteiger partial charge in [0.05, 0.1) is 22.8 Å². The van der Waals surface area contributed by atoms with Gasteiger partial charge in [-0.3, -0.25) is 0 Å². The summed E-state index contributed by atoms with van der Waals surface area (Å²) >= 11 is 0. The van der Waals surface area contributed by atoms with E-state index >= 15 is 0 Å². The van der Waals surface area contributed by atoms with E-state index in [9.17, 15) is 12.8 Å². The minimum absolute atomic E-state index is 0.000424. The van der Waals surface area contributed by atoms with Gasteiger partial charge >= 0.3 is 0 Å². The number of nitrogens with two attached hydrogens (primary N) is 1. The van der Waals surface area contributed by atoms with E-state index in [1.807, 2.05) is 0 Å². The predicted molar refractivity (Wildman–Crippen MR) is 67.3 cm³/mol. The van der Waals surface area contributed by atoms with Gasteiger partial charge in [-0.15, -0.1) is 0 Å². The Kier molecular flexibility index (Phi) is 3.36. The van der Waals surface area contributed by atoms with Gasteiger partial charge in [0.25, 0.3) is 0 Å². The predicted octanol–water partition coefficient (Wildman–Crippen LogP) is 1.14. The van der Waals surface area contributed by atoms with Crippen molar-refractivity contribution in [1.82, 2.24) is 9.97 Å². The summed E-state index contributed by atoms with van der Waals surface area (Å²) in [6, 6.07) is 3.69. The van der Waals surface area contributed by atoms with Crippen LogP contribution in [0.15, 0.2) is 18.2 Å². The standard InChI is InChI=1S/C11H14FN3O2S/c1-18(16,17)5-4-8(13)11-14-9-3-2-7(12)6-10(9)15-11/h2-3,6,8H,4-5,13H2,1H3,(H,14,15). The average Bonchev–Trinajstić information content (AvgIpc) is 2.67. The van der Waals surface area contributed by atoms with E-state index in [1.165, 1.54) is 12.1 Å². The minimum Gasteiger partial charge on any atom is -0.341 e. The number of imidazole rings is 1. The summed E-state index contributed by atoms with van der Waals surface area (Å²) < 4.78 is 35.1. The molecule has 1 unspecified atom stereocenters. The molecule has 0 amide bonds. The summed E-state index contributed by atoms with van der Waals surface area (Å²) in [6.07, 6.45) is 1.44. The van der Waals surface area contributed by atoms with Gasteiger partial charge in [-0.2, -0.15) is 0 Å². The molecule has 0 aliphatic heterocycles. The lowest BCUT2D eigenvalue weighted by molar-refractivity contribution is 0.588. The Morgan fingerprint density at radius 2 is 2.22 bits per heavy atom. The van der Waals surface area contributed by atoms with Crippen LogP contribution in [0.2, 0.25) is 0 Å². The van der Waals surface area contributed by atoms with Crippen molar-refractivity contribution in [3.8, 4) is 0 Å². The molecule has 0 saturated heterocycles. The van der Waals surface area contributed by atoms with Gasteiger partial charge in [-0.05, 0) is 24.6 Å². The van der Waals surface area contributed by atoms with Crippen molar-refractivity contribution in [3.63, 3.8) is 0 Å². The molecule has 0 aliphatic carbocycles. The van der Waals surface area contributed by atoms with Crippen LogP contribution < -0.4 is 5.73 Å². The lowest BCUT2D eigenvalue weighted by Gasteiger charge is -2.06. The first-order valence-corrected chi connectivity index (χ1v) is 7.50. The highest BCUT2D eigenvalue weighted by molar-refractivity contribution is 7.90. The van der Waals surface area contributed by atoms with E-state index in [2.05, 4.69) is 9.97 Å². The lowest BCUT2D eigenvalue weighted by Crippen LogP contribution is -2.16. The Morgan fingerprint density at radius 3 is 2.89 bits per heavy atom. The highest BCUT2D eigenvalue weighted by atomic mass is 32.2. The third-order valence-corrected chi connectivity index (χ3v) is 3.59. The molecule has 2 rings (SSSR count). The SMILES string of the molecule is CS(=O)(=O)CCC(N)c1nc2ccc(F)cc2[nH]1. The maximum absolute atomic E-state index is 13.0. The maximum atomic E-state index is 13.0. The van der Waals surface area contributed by atoms with Crippen molar-refractivity contribution in [2.24, 2.45) is 5.73 Å². The molecule has 3 N–H and O–H groups in total. The fourth-order valence-electron chi connectivity index (χ4n) is 1.65. The topological polar surface area (TPSA) is 88.8 Å². The number of H-pyrrole nitrogens is 1. The summed E-state index contributed by atoms with van der Waals surface area (Å²) in [5.74, 6) is 0.112. The van der Waals surface area contributed by atoms with Crippen LogP contribution in [0.4, 0.5) is 4.39 Å². The van der Waals surface area contributed by atoms with Crippen molar-refractivity contribution >= 4 is 20.9 Å². The molecule has 1 heterocycles. The van der Waals surface area contributed by atoms with Crippen LogP contribution in [0.3, 0.4) is 0 Å². The summed E-state index contributed by atoms with van der Waals surface area (Å²) in [5.41, 5.74) is 7.02. The van der Waals surface area contributed by atoms with Gasteiger partial charge in [-0.25, -0.2) is 17.8 Å². The molecule has 7 heteroatoms. The average molecular weight is 271 g/mol. The lowest BCUT2D eigenvalue weighted by atomic mass is 10.2. The van der Waals surface area contributed by atoms with Crippen LogP contribution in [0.25, 0.3) is 11.0 Å². The number of aromatic nitrogens is 2. The quantitative estimate of drug-likeness (QED) is 0.872.